The summed E-state index contributed by atoms with van der Waals surface area (Å²) in [5.41, 5.74) is 3.52. The molecule has 2 rings (SSSR count). The van der Waals surface area contributed by atoms with E-state index in [4.69, 9.17) is 4.74 Å². The predicted octanol–water partition coefficient (Wildman–Crippen LogP) is 3.99. The van der Waals surface area contributed by atoms with Crippen LogP contribution in [-0.2, 0) is 6.54 Å². The van der Waals surface area contributed by atoms with E-state index in [0.717, 1.165) is 23.6 Å². The second kappa shape index (κ2) is 6.53. The van der Waals surface area contributed by atoms with Gasteiger partial charge in [0.15, 0.2) is 0 Å². The van der Waals surface area contributed by atoms with Gasteiger partial charge in [0.2, 0.25) is 0 Å². The molecule has 0 aliphatic rings. The zero-order chi connectivity index (χ0) is 14.5. The molecule has 0 atom stereocenters. The minimum absolute atomic E-state index is 0.441. The molecule has 0 amide bonds. The molecule has 0 radical (unpaired) electrons. The van der Waals surface area contributed by atoms with Crippen LogP contribution < -0.4 is 10.1 Å². The first kappa shape index (κ1) is 14.5. The van der Waals surface area contributed by atoms with Crippen LogP contribution in [0, 0.1) is 13.8 Å². The van der Waals surface area contributed by atoms with Crippen molar-refractivity contribution in [3.63, 3.8) is 0 Å². The maximum Gasteiger partial charge on any atom is 0.150 e. The Kier molecular flexibility index (Phi) is 4.74. The van der Waals surface area contributed by atoms with Crippen molar-refractivity contribution in [2.24, 2.45) is 0 Å². The SMILES string of the molecule is Cc1cccc(Oc2cnccc2CNC(C)C)c1C. The molecular weight excluding hydrogens is 248 g/mol. The van der Waals surface area contributed by atoms with Crippen LogP contribution in [0.5, 0.6) is 11.5 Å². The highest BCUT2D eigenvalue weighted by Gasteiger charge is 2.08. The Balaban J connectivity index is 2.22. The molecule has 0 spiro atoms. The normalized spacial score (nSPS) is 10.8. The van der Waals surface area contributed by atoms with Crippen molar-refractivity contribution in [1.82, 2.24) is 10.3 Å². The molecule has 1 aromatic carbocycles. The number of nitrogens with one attached hydrogen (secondary N) is 1. The Labute approximate surface area is 121 Å². The van der Waals surface area contributed by atoms with Gasteiger partial charge in [0, 0.05) is 24.3 Å². The fourth-order valence-corrected chi connectivity index (χ4v) is 1.91. The van der Waals surface area contributed by atoms with Gasteiger partial charge in [0.05, 0.1) is 6.20 Å². The number of rotatable bonds is 5. The van der Waals surface area contributed by atoms with E-state index in [9.17, 15) is 0 Å². The van der Waals surface area contributed by atoms with Crippen LogP contribution in [0.1, 0.15) is 30.5 Å². The molecule has 3 nitrogen and oxygen atoms in total. The number of ether oxygens (including phenoxy) is 1. The molecule has 3 heteroatoms. The summed E-state index contributed by atoms with van der Waals surface area (Å²) in [5, 5.41) is 3.41. The van der Waals surface area contributed by atoms with E-state index >= 15 is 0 Å². The summed E-state index contributed by atoms with van der Waals surface area (Å²) in [6, 6.07) is 8.54. The smallest absolute Gasteiger partial charge is 0.150 e. The van der Waals surface area contributed by atoms with E-state index in [1.807, 2.05) is 18.2 Å². The molecule has 1 heterocycles. The molecule has 0 saturated carbocycles. The molecule has 20 heavy (non-hydrogen) atoms. The number of nitrogens with zero attached hydrogens (tertiary/aromatic N) is 1. The Morgan fingerprint density at radius 2 is 1.95 bits per heavy atom. The molecule has 0 unspecified atom stereocenters. The summed E-state index contributed by atoms with van der Waals surface area (Å²) in [6.07, 6.45) is 3.58. The molecule has 0 bridgehead atoms. The lowest BCUT2D eigenvalue weighted by atomic mass is 10.1. The van der Waals surface area contributed by atoms with Crippen molar-refractivity contribution in [2.75, 3.05) is 0 Å². The summed E-state index contributed by atoms with van der Waals surface area (Å²) >= 11 is 0. The third-order valence-electron chi connectivity index (χ3n) is 3.35. The highest BCUT2D eigenvalue weighted by atomic mass is 16.5. The predicted molar refractivity (Wildman–Crippen MR) is 82.2 cm³/mol. The van der Waals surface area contributed by atoms with Gasteiger partial charge in [-0.2, -0.15) is 0 Å². The molecule has 1 N–H and O–H groups in total. The van der Waals surface area contributed by atoms with Crippen molar-refractivity contribution < 1.29 is 4.74 Å². The fraction of sp³-hybridized carbons (Fsp3) is 0.353. The molecule has 0 aliphatic carbocycles. The van der Waals surface area contributed by atoms with E-state index in [1.165, 1.54) is 11.1 Å². The largest absolute Gasteiger partial charge is 0.455 e. The Morgan fingerprint density at radius 1 is 1.15 bits per heavy atom. The fourth-order valence-electron chi connectivity index (χ4n) is 1.91. The van der Waals surface area contributed by atoms with Crippen molar-refractivity contribution >= 4 is 0 Å². The maximum atomic E-state index is 6.05. The van der Waals surface area contributed by atoms with Gasteiger partial charge in [0.1, 0.15) is 11.5 Å². The van der Waals surface area contributed by atoms with E-state index < -0.39 is 0 Å². The van der Waals surface area contributed by atoms with Crippen LogP contribution >= 0.6 is 0 Å². The zero-order valence-corrected chi connectivity index (χ0v) is 12.6. The average Bonchev–Trinajstić information content (AvgIpc) is 2.43. The number of aryl methyl sites for hydroxylation is 1. The average molecular weight is 270 g/mol. The number of hydrogen-bond donors (Lipinski definition) is 1. The lowest BCUT2D eigenvalue weighted by Gasteiger charge is -2.15. The van der Waals surface area contributed by atoms with E-state index in [2.05, 4.69) is 44.1 Å². The third kappa shape index (κ3) is 3.58. The minimum atomic E-state index is 0.441. The van der Waals surface area contributed by atoms with E-state index in [-0.39, 0.29) is 0 Å². The van der Waals surface area contributed by atoms with Crippen molar-refractivity contribution in [3.05, 3.63) is 53.3 Å². The standard InChI is InChI=1S/C17H22N2O/c1-12(2)19-10-15-8-9-18-11-17(15)20-16-7-5-6-13(3)14(16)4/h5-9,11-12,19H,10H2,1-4H3. The molecule has 1 aromatic heterocycles. The zero-order valence-electron chi connectivity index (χ0n) is 12.6. The summed E-state index contributed by atoms with van der Waals surface area (Å²) in [7, 11) is 0. The van der Waals surface area contributed by atoms with Crippen LogP contribution in [0.15, 0.2) is 36.7 Å². The van der Waals surface area contributed by atoms with Gasteiger partial charge in [-0.3, -0.25) is 4.98 Å². The lowest BCUT2D eigenvalue weighted by Crippen LogP contribution is -2.22. The van der Waals surface area contributed by atoms with Crippen molar-refractivity contribution in [3.8, 4) is 11.5 Å². The van der Waals surface area contributed by atoms with Gasteiger partial charge in [-0.1, -0.05) is 26.0 Å². The second-order valence-corrected chi connectivity index (χ2v) is 5.32. The van der Waals surface area contributed by atoms with Gasteiger partial charge >= 0.3 is 0 Å². The van der Waals surface area contributed by atoms with Crippen LogP contribution in [0.3, 0.4) is 0 Å². The lowest BCUT2D eigenvalue weighted by molar-refractivity contribution is 0.463. The van der Waals surface area contributed by atoms with Crippen LogP contribution in [-0.4, -0.2) is 11.0 Å². The molecule has 106 valence electrons. The number of benzene rings is 1. The summed E-state index contributed by atoms with van der Waals surface area (Å²) in [6.45, 7) is 9.21. The van der Waals surface area contributed by atoms with E-state index in [0.29, 0.717) is 6.04 Å². The van der Waals surface area contributed by atoms with Gasteiger partial charge in [-0.05, 0) is 37.1 Å². The van der Waals surface area contributed by atoms with Gasteiger partial charge in [0.25, 0.3) is 0 Å². The second-order valence-electron chi connectivity index (χ2n) is 5.32. The summed E-state index contributed by atoms with van der Waals surface area (Å²) in [4.78, 5) is 4.17. The molecule has 2 aromatic rings. The number of pyridine rings is 1. The summed E-state index contributed by atoms with van der Waals surface area (Å²) < 4.78 is 6.05. The first-order chi connectivity index (χ1) is 9.58. The van der Waals surface area contributed by atoms with Crippen LogP contribution in [0.4, 0.5) is 0 Å². The topological polar surface area (TPSA) is 34.1 Å². The first-order valence-electron chi connectivity index (χ1n) is 6.98. The highest BCUT2D eigenvalue weighted by Crippen LogP contribution is 2.28. The monoisotopic (exact) mass is 270 g/mol. The quantitative estimate of drug-likeness (QED) is 0.892. The molecular formula is C17H22N2O. The maximum absolute atomic E-state index is 6.05. The van der Waals surface area contributed by atoms with Gasteiger partial charge < -0.3 is 10.1 Å². The highest BCUT2D eigenvalue weighted by molar-refractivity contribution is 5.42. The number of hydrogen-bond acceptors (Lipinski definition) is 3. The van der Waals surface area contributed by atoms with Crippen LogP contribution in [0.25, 0.3) is 0 Å². The van der Waals surface area contributed by atoms with Crippen LogP contribution in [0.2, 0.25) is 0 Å². The van der Waals surface area contributed by atoms with Crippen molar-refractivity contribution in [2.45, 2.75) is 40.3 Å². The van der Waals surface area contributed by atoms with Crippen molar-refractivity contribution in [1.29, 1.82) is 0 Å². The molecule has 0 fully saturated rings. The van der Waals surface area contributed by atoms with Gasteiger partial charge in [-0.15, -0.1) is 0 Å². The Bertz CT molecular complexity index is 579. The minimum Gasteiger partial charge on any atom is -0.455 e. The Hall–Kier alpha value is -1.87. The number of aromatic nitrogens is 1. The van der Waals surface area contributed by atoms with Gasteiger partial charge in [-0.25, -0.2) is 0 Å². The summed E-state index contributed by atoms with van der Waals surface area (Å²) in [5.74, 6) is 1.71. The van der Waals surface area contributed by atoms with E-state index in [1.54, 1.807) is 12.4 Å². The first-order valence-corrected chi connectivity index (χ1v) is 6.98. The Morgan fingerprint density at radius 3 is 2.70 bits per heavy atom. The molecule has 0 saturated heterocycles. The third-order valence-corrected chi connectivity index (χ3v) is 3.35. The molecule has 0 aliphatic heterocycles.